The number of hydrogen-bond acceptors (Lipinski definition) is 5. The van der Waals surface area contributed by atoms with Crippen molar-refractivity contribution in [2.45, 2.75) is 31.0 Å². The number of rotatable bonds is 3. The maximum absolute atomic E-state index is 11.9. The second-order valence-electron chi connectivity index (χ2n) is 4.33. The summed E-state index contributed by atoms with van der Waals surface area (Å²) in [6.07, 6.45) is -3.22. The number of halogens is 1. The summed E-state index contributed by atoms with van der Waals surface area (Å²) in [5.41, 5.74) is 0.441. The average molecular weight is 331 g/mol. The number of hydrogen-bond donors (Lipinski definition) is 2. The molecule has 0 unspecified atom stereocenters. The maximum Gasteiger partial charge on any atom is 0.338 e. The molecule has 2 rings (SSSR count). The number of carbonyl (C=O) groups excluding carboxylic acids is 1. The van der Waals surface area contributed by atoms with Gasteiger partial charge >= 0.3 is 5.97 Å². The van der Waals surface area contributed by atoms with Gasteiger partial charge in [-0.05, 0) is 12.1 Å². The van der Waals surface area contributed by atoms with E-state index in [-0.39, 0.29) is 6.42 Å². The molecule has 0 radical (unpaired) electrons. The Morgan fingerprint density at radius 3 is 2.68 bits per heavy atom. The van der Waals surface area contributed by atoms with Gasteiger partial charge in [-0.15, -0.1) is 0 Å². The summed E-state index contributed by atoms with van der Waals surface area (Å²) in [5, 5.41) is 19.4. The largest absolute Gasteiger partial charge is 0.456 e. The van der Waals surface area contributed by atoms with E-state index in [1.807, 2.05) is 6.07 Å². The van der Waals surface area contributed by atoms with Crippen molar-refractivity contribution in [3.8, 4) is 0 Å². The van der Waals surface area contributed by atoms with E-state index in [4.69, 9.17) is 9.47 Å². The second-order valence-corrected chi connectivity index (χ2v) is 4.98. The third-order valence-corrected chi connectivity index (χ3v) is 3.59. The fourth-order valence-electron chi connectivity index (χ4n) is 1.90. The van der Waals surface area contributed by atoms with Gasteiger partial charge in [0.05, 0.1) is 5.56 Å². The van der Waals surface area contributed by atoms with Crippen LogP contribution in [0.4, 0.5) is 0 Å². The summed E-state index contributed by atoms with van der Waals surface area (Å²) in [4.78, 5) is 11.9. The molecule has 6 heteroatoms. The number of alkyl halides is 1. The molecule has 0 spiro atoms. The Hall–Kier alpha value is -0.950. The van der Waals surface area contributed by atoms with Crippen LogP contribution in [0.2, 0.25) is 0 Å². The number of aliphatic hydroxyl groups excluding tert-OH is 2. The Labute approximate surface area is 119 Å². The quantitative estimate of drug-likeness (QED) is 0.640. The molecule has 19 heavy (non-hydrogen) atoms. The summed E-state index contributed by atoms with van der Waals surface area (Å²) in [5.74, 6) is -0.469. The number of carbonyl (C=O) groups is 1. The van der Waals surface area contributed by atoms with Gasteiger partial charge in [-0.25, -0.2) is 4.79 Å². The molecule has 1 heterocycles. The molecule has 1 aromatic carbocycles. The molecular weight excluding hydrogens is 316 g/mol. The number of ether oxygens (including phenoxy) is 2. The Morgan fingerprint density at radius 2 is 2.05 bits per heavy atom. The first-order chi connectivity index (χ1) is 9.11. The summed E-state index contributed by atoms with van der Waals surface area (Å²) in [7, 11) is 0. The third kappa shape index (κ3) is 3.54. The lowest BCUT2D eigenvalue weighted by Gasteiger charge is -2.35. The van der Waals surface area contributed by atoms with Crippen molar-refractivity contribution in [3.05, 3.63) is 35.9 Å². The molecule has 0 amide bonds. The lowest BCUT2D eigenvalue weighted by molar-refractivity contribution is -0.238. The van der Waals surface area contributed by atoms with Gasteiger partial charge in [-0.3, -0.25) is 0 Å². The van der Waals surface area contributed by atoms with Crippen LogP contribution in [0.25, 0.3) is 0 Å². The van der Waals surface area contributed by atoms with Crippen LogP contribution in [0.15, 0.2) is 30.3 Å². The number of benzene rings is 1. The van der Waals surface area contributed by atoms with Gasteiger partial charge in [0.1, 0.15) is 18.3 Å². The number of esters is 1. The molecule has 2 N–H and O–H groups in total. The minimum absolute atomic E-state index is 0.149. The van der Waals surface area contributed by atoms with Crippen LogP contribution in [0.1, 0.15) is 16.8 Å². The molecule has 5 nitrogen and oxygen atoms in total. The van der Waals surface area contributed by atoms with Crippen molar-refractivity contribution in [1.29, 1.82) is 0 Å². The van der Waals surface area contributed by atoms with Crippen LogP contribution < -0.4 is 0 Å². The van der Waals surface area contributed by atoms with Crippen LogP contribution >= 0.6 is 15.9 Å². The zero-order chi connectivity index (χ0) is 13.8. The van der Waals surface area contributed by atoms with Crippen molar-refractivity contribution >= 4 is 21.9 Å². The first-order valence-corrected chi connectivity index (χ1v) is 7.07. The normalized spacial score (nSPS) is 30.9. The maximum atomic E-state index is 11.9. The first kappa shape index (κ1) is 14.5. The second kappa shape index (κ2) is 6.47. The minimum Gasteiger partial charge on any atom is -0.456 e. The molecule has 0 bridgehead atoms. The molecule has 0 saturated carbocycles. The van der Waals surface area contributed by atoms with Crippen LogP contribution in [0, 0.1) is 0 Å². The summed E-state index contributed by atoms with van der Waals surface area (Å²) in [6.45, 7) is 0. The van der Waals surface area contributed by atoms with E-state index >= 15 is 0 Å². The van der Waals surface area contributed by atoms with Gasteiger partial charge in [0, 0.05) is 11.8 Å². The van der Waals surface area contributed by atoms with Crippen molar-refractivity contribution in [2.24, 2.45) is 0 Å². The highest BCUT2D eigenvalue weighted by molar-refractivity contribution is 9.09. The molecule has 1 saturated heterocycles. The summed E-state index contributed by atoms with van der Waals surface area (Å²) >= 11 is 3.24. The molecule has 1 aliphatic heterocycles. The minimum atomic E-state index is -1.24. The zero-order valence-electron chi connectivity index (χ0n) is 10.1. The Bertz CT molecular complexity index is 424. The van der Waals surface area contributed by atoms with E-state index in [9.17, 15) is 15.0 Å². The molecule has 0 aromatic heterocycles. The molecule has 0 aliphatic carbocycles. The molecule has 4 atom stereocenters. The summed E-state index contributed by atoms with van der Waals surface area (Å²) < 4.78 is 10.5. The Kier molecular flexibility index (Phi) is 4.93. The predicted molar refractivity (Wildman–Crippen MR) is 70.9 cm³/mol. The number of aliphatic hydroxyl groups is 2. The van der Waals surface area contributed by atoms with E-state index in [1.54, 1.807) is 24.3 Å². The van der Waals surface area contributed by atoms with Gasteiger partial charge in [-0.1, -0.05) is 34.1 Å². The lowest BCUT2D eigenvalue weighted by Crippen LogP contribution is -2.49. The SMILES string of the molecule is O=C(O[C@H]1C[C@H](O)[C@@H](O)O[C@@H]1CBr)c1ccccc1. The van der Waals surface area contributed by atoms with Gasteiger partial charge in [-0.2, -0.15) is 0 Å². The van der Waals surface area contributed by atoms with E-state index in [0.29, 0.717) is 10.9 Å². The first-order valence-electron chi connectivity index (χ1n) is 5.95. The zero-order valence-corrected chi connectivity index (χ0v) is 11.7. The van der Waals surface area contributed by atoms with Crippen molar-refractivity contribution in [3.63, 3.8) is 0 Å². The highest BCUT2D eigenvalue weighted by Crippen LogP contribution is 2.24. The van der Waals surface area contributed by atoms with Crippen LogP contribution in [-0.4, -0.2) is 46.1 Å². The van der Waals surface area contributed by atoms with Crippen LogP contribution in [0.3, 0.4) is 0 Å². The van der Waals surface area contributed by atoms with E-state index in [1.165, 1.54) is 0 Å². The predicted octanol–water partition coefficient (Wildman–Crippen LogP) is 1.08. The standard InChI is InChI=1S/C13H15BrO5/c14-7-11-10(6-9(15)13(17)19-11)18-12(16)8-4-2-1-3-5-8/h1-5,9-11,13,15,17H,6-7H2/t9-,10-,11+,13-/m0/s1. The molecular formula is C13H15BrO5. The molecule has 1 aliphatic rings. The van der Waals surface area contributed by atoms with E-state index in [2.05, 4.69) is 15.9 Å². The van der Waals surface area contributed by atoms with Crippen LogP contribution in [-0.2, 0) is 9.47 Å². The lowest BCUT2D eigenvalue weighted by atomic mass is 10.0. The summed E-state index contributed by atoms with van der Waals surface area (Å²) in [6, 6.07) is 8.60. The highest BCUT2D eigenvalue weighted by Gasteiger charge is 2.38. The molecule has 104 valence electrons. The van der Waals surface area contributed by atoms with Gasteiger partial charge < -0.3 is 19.7 Å². The van der Waals surface area contributed by atoms with Gasteiger partial charge in [0.15, 0.2) is 6.29 Å². The smallest absolute Gasteiger partial charge is 0.338 e. The van der Waals surface area contributed by atoms with Crippen molar-refractivity contribution in [2.75, 3.05) is 5.33 Å². The van der Waals surface area contributed by atoms with Crippen molar-refractivity contribution in [1.82, 2.24) is 0 Å². The van der Waals surface area contributed by atoms with Gasteiger partial charge in [0.2, 0.25) is 0 Å². The van der Waals surface area contributed by atoms with Crippen LogP contribution in [0.5, 0.6) is 0 Å². The fraction of sp³-hybridized carbons (Fsp3) is 0.462. The fourth-order valence-corrected chi connectivity index (χ4v) is 2.47. The van der Waals surface area contributed by atoms with E-state index < -0.39 is 30.6 Å². The third-order valence-electron chi connectivity index (χ3n) is 2.95. The highest BCUT2D eigenvalue weighted by atomic mass is 79.9. The molecule has 1 fully saturated rings. The topological polar surface area (TPSA) is 76.0 Å². The van der Waals surface area contributed by atoms with Crippen molar-refractivity contribution < 1.29 is 24.5 Å². The van der Waals surface area contributed by atoms with Gasteiger partial charge in [0.25, 0.3) is 0 Å². The van der Waals surface area contributed by atoms with E-state index in [0.717, 1.165) is 0 Å². The average Bonchev–Trinajstić information content (AvgIpc) is 2.43. The monoisotopic (exact) mass is 330 g/mol. The Balaban J connectivity index is 2.03. The molecule has 1 aromatic rings. The Morgan fingerprint density at radius 1 is 1.37 bits per heavy atom.